The Balaban J connectivity index is 1.91. The number of pyridine rings is 1. The molecule has 0 bridgehead atoms. The molecule has 0 aliphatic carbocycles. The summed E-state index contributed by atoms with van der Waals surface area (Å²) in [7, 11) is 3.46. The maximum atomic E-state index is 13.0. The Hall–Kier alpha value is -1.92. The van der Waals surface area contributed by atoms with E-state index >= 15 is 0 Å². The van der Waals surface area contributed by atoms with Gasteiger partial charge in [-0.25, -0.2) is 4.98 Å². The minimum atomic E-state index is -0.00889. The number of aryl methyl sites for hydroxylation is 2. The van der Waals surface area contributed by atoms with E-state index in [2.05, 4.69) is 34.8 Å². The van der Waals surface area contributed by atoms with E-state index in [1.807, 2.05) is 38.2 Å². The van der Waals surface area contributed by atoms with E-state index in [9.17, 15) is 4.79 Å². The SMILES string of the molecule is COc1ccc(CN(C)C(=O)c2sc3nc(C)c(C)c(C)c3c2Br)cc1. The van der Waals surface area contributed by atoms with Crippen molar-refractivity contribution in [2.24, 2.45) is 0 Å². The zero-order chi connectivity index (χ0) is 19.0. The summed E-state index contributed by atoms with van der Waals surface area (Å²) in [4.78, 5) is 21.0. The van der Waals surface area contributed by atoms with Crippen molar-refractivity contribution in [2.45, 2.75) is 27.3 Å². The first-order valence-electron chi connectivity index (χ1n) is 8.27. The van der Waals surface area contributed by atoms with Gasteiger partial charge in [0.15, 0.2) is 0 Å². The molecule has 0 unspecified atom stereocenters. The number of carbonyl (C=O) groups excluding carboxylic acids is 1. The highest BCUT2D eigenvalue weighted by atomic mass is 79.9. The van der Waals surface area contributed by atoms with Crippen LogP contribution in [0.5, 0.6) is 5.75 Å². The molecule has 0 N–H and O–H groups in total. The third-order valence-corrected chi connectivity index (χ3v) is 6.83. The maximum absolute atomic E-state index is 13.0. The lowest BCUT2D eigenvalue weighted by Gasteiger charge is -2.17. The Bertz CT molecular complexity index is 980. The average Bonchev–Trinajstić information content (AvgIpc) is 2.96. The number of hydrogen-bond acceptors (Lipinski definition) is 4. The van der Waals surface area contributed by atoms with Crippen LogP contribution in [0.3, 0.4) is 0 Å². The van der Waals surface area contributed by atoms with Crippen LogP contribution in [0.4, 0.5) is 0 Å². The number of amides is 1. The van der Waals surface area contributed by atoms with Crippen molar-refractivity contribution in [1.29, 1.82) is 0 Å². The molecular weight excluding hydrogens is 412 g/mol. The second kappa shape index (κ2) is 7.37. The number of benzene rings is 1. The van der Waals surface area contributed by atoms with Crippen LogP contribution in [-0.4, -0.2) is 29.9 Å². The Morgan fingerprint density at radius 3 is 2.46 bits per heavy atom. The minimum Gasteiger partial charge on any atom is -0.497 e. The second-order valence-electron chi connectivity index (χ2n) is 6.38. The standard InChI is InChI=1S/C20H21BrN2O2S/c1-11-12(2)16-17(21)18(26-19(16)22-13(11)3)20(24)23(4)10-14-6-8-15(25-5)9-7-14/h6-9H,10H2,1-5H3. The number of thiophene rings is 1. The monoisotopic (exact) mass is 432 g/mol. The van der Waals surface area contributed by atoms with Gasteiger partial charge in [0, 0.05) is 24.7 Å². The maximum Gasteiger partial charge on any atom is 0.265 e. The van der Waals surface area contributed by atoms with E-state index in [1.165, 1.54) is 22.5 Å². The number of aromatic nitrogens is 1. The number of fused-ring (bicyclic) bond motifs is 1. The number of halogens is 1. The van der Waals surface area contributed by atoms with Crippen LogP contribution in [0.15, 0.2) is 28.7 Å². The van der Waals surface area contributed by atoms with Gasteiger partial charge in [0.05, 0.1) is 11.6 Å². The van der Waals surface area contributed by atoms with Gasteiger partial charge < -0.3 is 9.64 Å². The Morgan fingerprint density at radius 1 is 1.19 bits per heavy atom. The summed E-state index contributed by atoms with van der Waals surface area (Å²) in [6, 6.07) is 7.76. The lowest BCUT2D eigenvalue weighted by Crippen LogP contribution is -2.25. The average molecular weight is 433 g/mol. The van der Waals surface area contributed by atoms with Gasteiger partial charge in [0.25, 0.3) is 5.91 Å². The van der Waals surface area contributed by atoms with Crippen molar-refractivity contribution >= 4 is 43.4 Å². The van der Waals surface area contributed by atoms with Crippen LogP contribution < -0.4 is 4.74 Å². The lowest BCUT2D eigenvalue weighted by atomic mass is 10.1. The summed E-state index contributed by atoms with van der Waals surface area (Å²) in [5, 5.41) is 1.04. The molecule has 6 heteroatoms. The summed E-state index contributed by atoms with van der Waals surface area (Å²) >= 11 is 5.09. The van der Waals surface area contributed by atoms with Crippen LogP contribution in [-0.2, 0) is 6.54 Å². The van der Waals surface area contributed by atoms with E-state index in [0.29, 0.717) is 11.4 Å². The molecule has 0 aliphatic rings. The van der Waals surface area contributed by atoms with Crippen LogP contribution in [0.25, 0.3) is 10.2 Å². The summed E-state index contributed by atoms with van der Waals surface area (Å²) in [5.41, 5.74) is 4.41. The molecule has 0 atom stereocenters. The Morgan fingerprint density at radius 2 is 1.85 bits per heavy atom. The molecule has 136 valence electrons. The van der Waals surface area contributed by atoms with Gasteiger partial charge >= 0.3 is 0 Å². The first-order chi connectivity index (χ1) is 12.3. The number of carbonyl (C=O) groups is 1. The normalized spacial score (nSPS) is 11.0. The zero-order valence-corrected chi connectivity index (χ0v) is 17.9. The molecule has 0 saturated heterocycles. The van der Waals surface area contributed by atoms with Gasteiger partial charge in [-0.05, 0) is 65.5 Å². The number of rotatable bonds is 4. The van der Waals surface area contributed by atoms with E-state index in [-0.39, 0.29) is 5.91 Å². The van der Waals surface area contributed by atoms with E-state index in [1.54, 1.807) is 12.0 Å². The van der Waals surface area contributed by atoms with Gasteiger partial charge in [-0.3, -0.25) is 4.79 Å². The highest BCUT2D eigenvalue weighted by Crippen LogP contribution is 2.38. The summed E-state index contributed by atoms with van der Waals surface area (Å²) in [5.74, 6) is 0.799. The molecule has 1 amide bonds. The predicted molar refractivity (Wildman–Crippen MR) is 110 cm³/mol. The topological polar surface area (TPSA) is 42.4 Å². The molecule has 0 aliphatic heterocycles. The largest absolute Gasteiger partial charge is 0.497 e. The molecule has 0 fully saturated rings. The molecule has 3 rings (SSSR count). The summed E-state index contributed by atoms with van der Waals surface area (Å²) in [6.07, 6.45) is 0. The van der Waals surface area contributed by atoms with Gasteiger partial charge in [-0.15, -0.1) is 11.3 Å². The third kappa shape index (κ3) is 3.35. The predicted octanol–water partition coefficient (Wildman–Crippen LogP) is 5.26. The molecule has 3 aromatic rings. The highest BCUT2D eigenvalue weighted by molar-refractivity contribution is 9.10. The third-order valence-electron chi connectivity index (χ3n) is 4.70. The van der Waals surface area contributed by atoms with E-state index in [4.69, 9.17) is 4.74 Å². The molecule has 26 heavy (non-hydrogen) atoms. The fourth-order valence-corrected chi connectivity index (χ4v) is 5.08. The molecule has 0 radical (unpaired) electrons. The Kier molecular flexibility index (Phi) is 5.34. The lowest BCUT2D eigenvalue weighted by molar-refractivity contribution is 0.0789. The fourth-order valence-electron chi connectivity index (χ4n) is 2.89. The summed E-state index contributed by atoms with van der Waals surface area (Å²) in [6.45, 7) is 6.69. The van der Waals surface area contributed by atoms with Gasteiger partial charge in [0.1, 0.15) is 15.5 Å². The molecule has 2 heterocycles. The number of ether oxygens (including phenoxy) is 1. The van der Waals surface area contributed by atoms with Crippen molar-refractivity contribution in [1.82, 2.24) is 9.88 Å². The van der Waals surface area contributed by atoms with Crippen molar-refractivity contribution in [2.75, 3.05) is 14.2 Å². The number of hydrogen-bond donors (Lipinski definition) is 0. The Labute approximate surface area is 165 Å². The van der Waals surface area contributed by atoms with Crippen LogP contribution in [0, 0.1) is 20.8 Å². The van der Waals surface area contributed by atoms with Crippen molar-refractivity contribution in [3.8, 4) is 5.75 Å². The molecule has 0 spiro atoms. The van der Waals surface area contributed by atoms with Crippen molar-refractivity contribution < 1.29 is 9.53 Å². The van der Waals surface area contributed by atoms with Crippen LogP contribution >= 0.6 is 27.3 Å². The minimum absolute atomic E-state index is 0.00889. The van der Waals surface area contributed by atoms with Crippen LogP contribution in [0.2, 0.25) is 0 Å². The highest BCUT2D eigenvalue weighted by Gasteiger charge is 2.23. The van der Waals surface area contributed by atoms with Crippen molar-refractivity contribution in [3.63, 3.8) is 0 Å². The molecule has 4 nitrogen and oxygen atoms in total. The zero-order valence-electron chi connectivity index (χ0n) is 15.5. The first-order valence-corrected chi connectivity index (χ1v) is 9.88. The van der Waals surface area contributed by atoms with E-state index in [0.717, 1.165) is 31.7 Å². The second-order valence-corrected chi connectivity index (χ2v) is 8.17. The molecule has 1 aromatic carbocycles. The van der Waals surface area contributed by atoms with Crippen LogP contribution in [0.1, 0.15) is 32.1 Å². The van der Waals surface area contributed by atoms with Gasteiger partial charge in [-0.1, -0.05) is 12.1 Å². The summed E-state index contributed by atoms with van der Waals surface area (Å²) < 4.78 is 6.02. The number of methoxy groups -OCH3 is 1. The fraction of sp³-hybridized carbons (Fsp3) is 0.300. The van der Waals surface area contributed by atoms with E-state index < -0.39 is 0 Å². The van der Waals surface area contributed by atoms with Gasteiger partial charge in [0.2, 0.25) is 0 Å². The number of nitrogens with zero attached hydrogens (tertiary/aromatic N) is 2. The molecule has 2 aromatic heterocycles. The smallest absolute Gasteiger partial charge is 0.265 e. The first kappa shape index (κ1) is 18.9. The molecular formula is C20H21BrN2O2S. The quantitative estimate of drug-likeness (QED) is 0.564. The van der Waals surface area contributed by atoms with Crippen molar-refractivity contribution in [3.05, 3.63) is 56.0 Å². The molecule has 0 saturated carbocycles. The van der Waals surface area contributed by atoms with Gasteiger partial charge in [-0.2, -0.15) is 0 Å².